The van der Waals surface area contributed by atoms with Crippen LogP contribution in [0.25, 0.3) is 10.8 Å². The van der Waals surface area contributed by atoms with E-state index in [4.69, 9.17) is 4.74 Å². The summed E-state index contributed by atoms with van der Waals surface area (Å²) in [5, 5.41) is 11.3. The molecule has 0 saturated heterocycles. The predicted molar refractivity (Wildman–Crippen MR) is 87.9 cm³/mol. The third kappa shape index (κ3) is 3.07. The molecule has 0 spiro atoms. The summed E-state index contributed by atoms with van der Waals surface area (Å²) < 4.78 is 5.20. The molecular weight excluding hydrogens is 292 g/mol. The number of Topliss-reactive ketones (excluding diaryl/α,β-unsaturated/α-hetero) is 1. The first kappa shape index (κ1) is 15.5. The standard InChI is InChI=1S/C19H20O4/c1-23-15-9-8-12-10-14(7-6-13(12)11-15)18(20)16-4-2-3-5-17(16)19(21)22/h6-11,16-17H,2-5H2,1H3,(H,21,22). The van der Waals surface area contributed by atoms with Crippen molar-refractivity contribution in [3.8, 4) is 5.75 Å². The van der Waals surface area contributed by atoms with Crippen molar-refractivity contribution in [2.45, 2.75) is 25.7 Å². The SMILES string of the molecule is COc1ccc2cc(C(=O)C3CCCCC3C(=O)O)ccc2c1. The summed E-state index contributed by atoms with van der Waals surface area (Å²) in [5.41, 5.74) is 0.598. The Bertz CT molecular complexity index is 750. The van der Waals surface area contributed by atoms with Crippen LogP contribution in [0.15, 0.2) is 36.4 Å². The van der Waals surface area contributed by atoms with Gasteiger partial charge < -0.3 is 9.84 Å². The molecular formula is C19H20O4. The maximum atomic E-state index is 12.8. The Morgan fingerprint density at radius 2 is 1.65 bits per heavy atom. The van der Waals surface area contributed by atoms with Gasteiger partial charge in [-0.15, -0.1) is 0 Å². The Morgan fingerprint density at radius 3 is 2.35 bits per heavy atom. The molecule has 1 fully saturated rings. The average Bonchev–Trinajstić information content (AvgIpc) is 2.60. The van der Waals surface area contributed by atoms with Crippen LogP contribution in [0.3, 0.4) is 0 Å². The second kappa shape index (κ2) is 6.41. The zero-order valence-electron chi connectivity index (χ0n) is 13.1. The van der Waals surface area contributed by atoms with E-state index in [-0.39, 0.29) is 5.78 Å². The minimum Gasteiger partial charge on any atom is -0.497 e. The van der Waals surface area contributed by atoms with E-state index < -0.39 is 17.8 Å². The molecule has 1 aliphatic carbocycles. The van der Waals surface area contributed by atoms with Crippen LogP contribution in [0.5, 0.6) is 5.75 Å². The molecule has 0 heterocycles. The monoisotopic (exact) mass is 312 g/mol. The molecule has 120 valence electrons. The van der Waals surface area contributed by atoms with Crippen molar-refractivity contribution < 1.29 is 19.4 Å². The van der Waals surface area contributed by atoms with Gasteiger partial charge in [0.05, 0.1) is 13.0 Å². The van der Waals surface area contributed by atoms with Crippen LogP contribution in [0.2, 0.25) is 0 Å². The Hall–Kier alpha value is -2.36. The summed E-state index contributed by atoms with van der Waals surface area (Å²) >= 11 is 0. The van der Waals surface area contributed by atoms with Gasteiger partial charge in [0.2, 0.25) is 0 Å². The summed E-state index contributed by atoms with van der Waals surface area (Å²) in [4.78, 5) is 24.2. The van der Waals surface area contributed by atoms with E-state index in [0.717, 1.165) is 29.4 Å². The molecule has 23 heavy (non-hydrogen) atoms. The van der Waals surface area contributed by atoms with Crippen molar-refractivity contribution in [2.24, 2.45) is 11.8 Å². The third-order valence-electron chi connectivity index (χ3n) is 4.75. The summed E-state index contributed by atoms with van der Waals surface area (Å²) in [6, 6.07) is 11.2. The topological polar surface area (TPSA) is 63.6 Å². The fourth-order valence-electron chi connectivity index (χ4n) is 3.46. The van der Waals surface area contributed by atoms with Crippen molar-refractivity contribution in [3.63, 3.8) is 0 Å². The van der Waals surface area contributed by atoms with Crippen molar-refractivity contribution in [2.75, 3.05) is 7.11 Å². The Morgan fingerprint density at radius 1 is 1.00 bits per heavy atom. The lowest BCUT2D eigenvalue weighted by Crippen LogP contribution is -2.32. The van der Waals surface area contributed by atoms with E-state index in [0.29, 0.717) is 18.4 Å². The largest absolute Gasteiger partial charge is 0.497 e. The molecule has 1 N–H and O–H groups in total. The van der Waals surface area contributed by atoms with Gasteiger partial charge >= 0.3 is 5.97 Å². The van der Waals surface area contributed by atoms with E-state index in [1.54, 1.807) is 13.2 Å². The van der Waals surface area contributed by atoms with Crippen molar-refractivity contribution in [3.05, 3.63) is 42.0 Å². The first-order chi connectivity index (χ1) is 11.1. The second-order valence-electron chi connectivity index (χ2n) is 6.13. The first-order valence-electron chi connectivity index (χ1n) is 7.95. The van der Waals surface area contributed by atoms with Crippen LogP contribution in [-0.4, -0.2) is 24.0 Å². The number of benzene rings is 2. The van der Waals surface area contributed by atoms with Crippen LogP contribution < -0.4 is 4.74 Å². The Balaban J connectivity index is 1.92. The number of hydrogen-bond donors (Lipinski definition) is 1. The number of carboxylic acids is 1. The van der Waals surface area contributed by atoms with Crippen LogP contribution in [0.1, 0.15) is 36.0 Å². The number of ketones is 1. The molecule has 0 aliphatic heterocycles. The van der Waals surface area contributed by atoms with Gasteiger partial charge in [-0.3, -0.25) is 9.59 Å². The number of carbonyl (C=O) groups excluding carboxylic acids is 1. The zero-order valence-corrected chi connectivity index (χ0v) is 13.1. The van der Waals surface area contributed by atoms with Crippen LogP contribution >= 0.6 is 0 Å². The molecule has 2 aromatic carbocycles. The summed E-state index contributed by atoms with van der Waals surface area (Å²) in [6.07, 6.45) is 3.07. The van der Waals surface area contributed by atoms with Gasteiger partial charge in [0.25, 0.3) is 0 Å². The predicted octanol–water partition coefficient (Wildman–Crippen LogP) is 3.92. The highest BCUT2D eigenvalue weighted by Crippen LogP contribution is 2.33. The minimum absolute atomic E-state index is 0.0465. The lowest BCUT2D eigenvalue weighted by Gasteiger charge is -2.27. The number of ether oxygens (including phenoxy) is 1. The van der Waals surface area contributed by atoms with E-state index in [9.17, 15) is 14.7 Å². The number of rotatable bonds is 4. The molecule has 3 rings (SSSR count). The van der Waals surface area contributed by atoms with Crippen LogP contribution in [0, 0.1) is 11.8 Å². The Kier molecular flexibility index (Phi) is 4.33. The molecule has 0 radical (unpaired) electrons. The van der Waals surface area contributed by atoms with E-state index in [1.807, 2.05) is 30.3 Å². The smallest absolute Gasteiger partial charge is 0.307 e. The maximum absolute atomic E-state index is 12.8. The fourth-order valence-corrected chi connectivity index (χ4v) is 3.46. The molecule has 0 bridgehead atoms. The van der Waals surface area contributed by atoms with Gasteiger partial charge in [-0.1, -0.05) is 31.0 Å². The number of aliphatic carboxylic acids is 1. The number of hydrogen-bond acceptors (Lipinski definition) is 3. The quantitative estimate of drug-likeness (QED) is 0.869. The van der Waals surface area contributed by atoms with Gasteiger partial charge in [0, 0.05) is 11.5 Å². The molecule has 2 unspecified atom stereocenters. The molecule has 2 aromatic rings. The third-order valence-corrected chi connectivity index (χ3v) is 4.75. The number of fused-ring (bicyclic) bond motifs is 1. The molecule has 0 aromatic heterocycles. The highest BCUT2D eigenvalue weighted by atomic mass is 16.5. The van der Waals surface area contributed by atoms with E-state index >= 15 is 0 Å². The molecule has 0 amide bonds. The van der Waals surface area contributed by atoms with Gasteiger partial charge in [-0.05, 0) is 41.8 Å². The maximum Gasteiger partial charge on any atom is 0.307 e. The van der Waals surface area contributed by atoms with Gasteiger partial charge in [-0.2, -0.15) is 0 Å². The normalized spacial score (nSPS) is 21.1. The summed E-state index contributed by atoms with van der Waals surface area (Å²) in [7, 11) is 1.62. The highest BCUT2D eigenvalue weighted by molar-refractivity contribution is 6.03. The average molecular weight is 312 g/mol. The number of carboxylic acid groups (broad SMARTS) is 1. The molecule has 4 heteroatoms. The summed E-state index contributed by atoms with van der Waals surface area (Å²) in [6.45, 7) is 0. The lowest BCUT2D eigenvalue weighted by molar-refractivity contribution is -0.144. The van der Waals surface area contributed by atoms with Gasteiger partial charge in [0.15, 0.2) is 5.78 Å². The molecule has 1 saturated carbocycles. The number of methoxy groups -OCH3 is 1. The van der Waals surface area contributed by atoms with E-state index in [1.165, 1.54) is 0 Å². The lowest BCUT2D eigenvalue weighted by atomic mass is 9.75. The van der Waals surface area contributed by atoms with Crippen molar-refractivity contribution in [1.82, 2.24) is 0 Å². The second-order valence-corrected chi connectivity index (χ2v) is 6.13. The van der Waals surface area contributed by atoms with Crippen LogP contribution in [0.4, 0.5) is 0 Å². The molecule has 2 atom stereocenters. The summed E-state index contributed by atoms with van der Waals surface area (Å²) in [5.74, 6) is -1.09. The fraction of sp³-hybridized carbons (Fsp3) is 0.368. The minimum atomic E-state index is -0.853. The van der Waals surface area contributed by atoms with Gasteiger partial charge in [0.1, 0.15) is 5.75 Å². The van der Waals surface area contributed by atoms with Crippen molar-refractivity contribution >= 4 is 22.5 Å². The highest BCUT2D eigenvalue weighted by Gasteiger charge is 2.35. The molecule has 4 nitrogen and oxygen atoms in total. The number of carbonyl (C=O) groups is 2. The Labute approximate surface area is 135 Å². The van der Waals surface area contributed by atoms with E-state index in [2.05, 4.69) is 0 Å². The van der Waals surface area contributed by atoms with Gasteiger partial charge in [-0.25, -0.2) is 0 Å². The van der Waals surface area contributed by atoms with Crippen LogP contribution in [-0.2, 0) is 4.79 Å². The first-order valence-corrected chi connectivity index (χ1v) is 7.95. The van der Waals surface area contributed by atoms with Crippen molar-refractivity contribution in [1.29, 1.82) is 0 Å². The molecule has 1 aliphatic rings. The zero-order chi connectivity index (χ0) is 16.4.